The van der Waals surface area contributed by atoms with Crippen LogP contribution in [0.2, 0.25) is 0 Å². The van der Waals surface area contributed by atoms with Gasteiger partial charge in [0.2, 0.25) is 5.91 Å². The lowest BCUT2D eigenvalue weighted by molar-refractivity contribution is -0.142. The van der Waals surface area contributed by atoms with Crippen LogP contribution in [0.1, 0.15) is 5.69 Å². The van der Waals surface area contributed by atoms with Crippen LogP contribution in [0.5, 0.6) is 0 Å². The van der Waals surface area contributed by atoms with Gasteiger partial charge >= 0.3 is 5.97 Å². The zero-order valence-corrected chi connectivity index (χ0v) is 11.9. The summed E-state index contributed by atoms with van der Waals surface area (Å²) in [6.07, 6.45) is 1.73. The third-order valence-electron chi connectivity index (χ3n) is 2.42. The SMILES string of the molecule is O=C(O)COCCNC(=O)Cc1csc(-c2ccco2)n1. The van der Waals surface area contributed by atoms with Crippen molar-refractivity contribution in [3.05, 3.63) is 29.5 Å². The van der Waals surface area contributed by atoms with Crippen molar-refractivity contribution in [2.75, 3.05) is 19.8 Å². The van der Waals surface area contributed by atoms with Gasteiger partial charge in [-0.25, -0.2) is 9.78 Å². The van der Waals surface area contributed by atoms with Crippen LogP contribution in [0.15, 0.2) is 28.2 Å². The van der Waals surface area contributed by atoms with Crippen LogP contribution in [0.3, 0.4) is 0 Å². The number of carbonyl (C=O) groups excluding carboxylic acids is 1. The Morgan fingerprint density at radius 1 is 1.48 bits per heavy atom. The summed E-state index contributed by atoms with van der Waals surface area (Å²) < 4.78 is 10.0. The number of carbonyl (C=O) groups is 2. The molecule has 0 saturated carbocycles. The molecule has 112 valence electrons. The molecule has 0 unspecified atom stereocenters. The van der Waals surface area contributed by atoms with E-state index in [1.165, 1.54) is 11.3 Å². The second kappa shape index (κ2) is 7.55. The maximum atomic E-state index is 11.7. The molecule has 0 saturated heterocycles. The Hall–Kier alpha value is -2.19. The molecule has 7 nitrogen and oxygen atoms in total. The van der Waals surface area contributed by atoms with Gasteiger partial charge in [0, 0.05) is 11.9 Å². The number of rotatable bonds is 8. The average molecular weight is 310 g/mol. The molecule has 2 rings (SSSR count). The predicted molar refractivity (Wildman–Crippen MR) is 75.0 cm³/mol. The Labute approximate surface area is 124 Å². The van der Waals surface area contributed by atoms with Crippen molar-refractivity contribution in [1.29, 1.82) is 0 Å². The largest absolute Gasteiger partial charge is 0.480 e. The van der Waals surface area contributed by atoms with Crippen LogP contribution in [0.25, 0.3) is 10.8 Å². The Morgan fingerprint density at radius 2 is 2.33 bits per heavy atom. The second-order valence-electron chi connectivity index (χ2n) is 4.09. The molecule has 0 aliphatic carbocycles. The second-order valence-corrected chi connectivity index (χ2v) is 4.95. The molecule has 8 heteroatoms. The van der Waals surface area contributed by atoms with E-state index in [9.17, 15) is 9.59 Å². The fourth-order valence-electron chi connectivity index (χ4n) is 1.55. The molecular weight excluding hydrogens is 296 g/mol. The van der Waals surface area contributed by atoms with Crippen molar-refractivity contribution in [1.82, 2.24) is 10.3 Å². The van der Waals surface area contributed by atoms with Crippen LogP contribution in [-0.2, 0) is 20.7 Å². The normalized spacial score (nSPS) is 10.5. The number of hydrogen-bond donors (Lipinski definition) is 2. The molecule has 21 heavy (non-hydrogen) atoms. The van der Waals surface area contributed by atoms with Gasteiger partial charge in [0.15, 0.2) is 10.8 Å². The first kappa shape index (κ1) is 15.2. The number of thiazole rings is 1. The molecule has 2 N–H and O–H groups in total. The number of aliphatic carboxylic acids is 1. The number of furan rings is 1. The number of ether oxygens (including phenoxy) is 1. The van der Waals surface area contributed by atoms with Gasteiger partial charge in [-0.1, -0.05) is 0 Å². The molecule has 0 bridgehead atoms. The molecule has 0 aliphatic heterocycles. The highest BCUT2D eigenvalue weighted by atomic mass is 32.1. The smallest absolute Gasteiger partial charge is 0.329 e. The van der Waals surface area contributed by atoms with Gasteiger partial charge in [-0.3, -0.25) is 4.79 Å². The quantitative estimate of drug-likeness (QED) is 0.710. The summed E-state index contributed by atoms with van der Waals surface area (Å²) in [5.74, 6) is -0.548. The monoisotopic (exact) mass is 310 g/mol. The molecule has 1 amide bonds. The first-order valence-electron chi connectivity index (χ1n) is 6.19. The fourth-order valence-corrected chi connectivity index (χ4v) is 2.34. The summed E-state index contributed by atoms with van der Waals surface area (Å²) >= 11 is 1.41. The van der Waals surface area contributed by atoms with Crippen LogP contribution in [0.4, 0.5) is 0 Å². The molecular formula is C13H14N2O5S. The number of carboxylic acids is 1. The molecule has 2 aromatic heterocycles. The van der Waals surface area contributed by atoms with Gasteiger partial charge in [-0.2, -0.15) is 0 Å². The Morgan fingerprint density at radius 3 is 3.05 bits per heavy atom. The van der Waals surface area contributed by atoms with E-state index in [2.05, 4.69) is 10.3 Å². The summed E-state index contributed by atoms with van der Waals surface area (Å²) in [7, 11) is 0. The van der Waals surface area contributed by atoms with Crippen LogP contribution >= 0.6 is 11.3 Å². The van der Waals surface area contributed by atoms with E-state index in [1.54, 1.807) is 17.7 Å². The van der Waals surface area contributed by atoms with Gasteiger partial charge in [0.1, 0.15) is 6.61 Å². The van der Waals surface area contributed by atoms with Crippen LogP contribution < -0.4 is 5.32 Å². The lowest BCUT2D eigenvalue weighted by Crippen LogP contribution is -2.29. The molecule has 0 aliphatic rings. The van der Waals surface area contributed by atoms with Gasteiger partial charge in [-0.15, -0.1) is 11.3 Å². The van der Waals surface area contributed by atoms with Crippen molar-refractivity contribution in [2.45, 2.75) is 6.42 Å². The van der Waals surface area contributed by atoms with E-state index in [-0.39, 0.29) is 32.1 Å². The number of amides is 1. The van der Waals surface area contributed by atoms with E-state index in [1.807, 2.05) is 6.07 Å². The van der Waals surface area contributed by atoms with Gasteiger partial charge in [-0.05, 0) is 12.1 Å². The molecule has 0 aromatic carbocycles. The van der Waals surface area contributed by atoms with Crippen molar-refractivity contribution in [2.24, 2.45) is 0 Å². The van der Waals surface area contributed by atoms with E-state index in [4.69, 9.17) is 14.3 Å². The molecule has 0 fully saturated rings. The third-order valence-corrected chi connectivity index (χ3v) is 3.33. The number of hydrogen-bond acceptors (Lipinski definition) is 6. The molecule has 2 aromatic rings. The van der Waals surface area contributed by atoms with Crippen molar-refractivity contribution in [3.63, 3.8) is 0 Å². The lowest BCUT2D eigenvalue weighted by atomic mass is 10.3. The summed E-state index contributed by atoms with van der Waals surface area (Å²) in [6.45, 7) is 0.0580. The predicted octanol–water partition coefficient (Wildman–Crippen LogP) is 1.16. The number of nitrogens with zero attached hydrogens (tertiary/aromatic N) is 1. The lowest BCUT2D eigenvalue weighted by Gasteiger charge is -2.03. The van der Waals surface area contributed by atoms with Gasteiger partial charge < -0.3 is 19.6 Å². The standard InChI is InChI=1S/C13H14N2O5S/c16-11(14-3-5-19-7-12(17)18)6-9-8-21-13(15-9)10-2-1-4-20-10/h1-2,4,8H,3,5-7H2,(H,14,16)(H,17,18). The topological polar surface area (TPSA) is 102 Å². The van der Waals surface area contributed by atoms with Crippen molar-refractivity contribution < 1.29 is 23.8 Å². The molecule has 2 heterocycles. The Kier molecular flexibility index (Phi) is 5.47. The maximum Gasteiger partial charge on any atom is 0.329 e. The fraction of sp³-hybridized carbons (Fsp3) is 0.308. The highest BCUT2D eigenvalue weighted by molar-refractivity contribution is 7.13. The van der Waals surface area contributed by atoms with Crippen LogP contribution in [0, 0.1) is 0 Å². The summed E-state index contributed by atoms with van der Waals surface area (Å²) in [5, 5.41) is 13.5. The first-order chi connectivity index (χ1) is 10.1. The van der Waals surface area contributed by atoms with Crippen LogP contribution in [-0.4, -0.2) is 41.7 Å². The minimum atomic E-state index is -1.03. The van der Waals surface area contributed by atoms with E-state index >= 15 is 0 Å². The van der Waals surface area contributed by atoms with E-state index in [0.29, 0.717) is 11.5 Å². The highest BCUT2D eigenvalue weighted by Gasteiger charge is 2.10. The number of nitrogens with one attached hydrogen (secondary N) is 1. The van der Waals surface area contributed by atoms with E-state index < -0.39 is 5.97 Å². The van der Waals surface area contributed by atoms with Gasteiger partial charge in [0.05, 0.1) is 25.0 Å². The van der Waals surface area contributed by atoms with Crippen molar-refractivity contribution >= 4 is 23.2 Å². The van der Waals surface area contributed by atoms with E-state index in [0.717, 1.165) is 5.01 Å². The highest BCUT2D eigenvalue weighted by Crippen LogP contribution is 2.23. The summed E-state index contributed by atoms with van der Waals surface area (Å²) in [4.78, 5) is 26.2. The number of carboxylic acid groups (broad SMARTS) is 1. The zero-order chi connectivity index (χ0) is 15.1. The maximum absolute atomic E-state index is 11.7. The third kappa shape index (κ3) is 5.01. The molecule has 0 spiro atoms. The molecule has 0 atom stereocenters. The summed E-state index contributed by atoms with van der Waals surface area (Å²) in [6, 6.07) is 3.59. The number of aromatic nitrogens is 1. The Bertz CT molecular complexity index is 593. The molecule has 0 radical (unpaired) electrons. The average Bonchev–Trinajstić information content (AvgIpc) is 3.08. The summed E-state index contributed by atoms with van der Waals surface area (Å²) in [5.41, 5.74) is 0.662. The Balaban J connectivity index is 1.72. The minimum absolute atomic E-state index is 0.159. The first-order valence-corrected chi connectivity index (χ1v) is 7.07. The zero-order valence-electron chi connectivity index (χ0n) is 11.1. The van der Waals surface area contributed by atoms with Gasteiger partial charge in [0.25, 0.3) is 0 Å². The van der Waals surface area contributed by atoms with Crippen molar-refractivity contribution in [3.8, 4) is 10.8 Å². The minimum Gasteiger partial charge on any atom is -0.480 e.